The minimum atomic E-state index is -1.08. The zero-order valence-corrected chi connectivity index (χ0v) is 17.5. The molecule has 2 aromatic carbocycles. The van der Waals surface area contributed by atoms with Crippen molar-refractivity contribution in [1.29, 1.82) is 0 Å². The average molecular weight is 438 g/mol. The lowest BCUT2D eigenvalue weighted by atomic mass is 10.0. The Hall–Kier alpha value is -4.14. The first-order valence-electron chi connectivity index (χ1n) is 9.72. The van der Waals surface area contributed by atoms with Crippen LogP contribution in [0, 0.1) is 0 Å². The summed E-state index contributed by atoms with van der Waals surface area (Å²) in [6.07, 6.45) is -0.0144. The lowest BCUT2D eigenvalue weighted by Gasteiger charge is -2.17. The summed E-state index contributed by atoms with van der Waals surface area (Å²) in [5, 5.41) is 5.63. The summed E-state index contributed by atoms with van der Waals surface area (Å²) in [7, 11) is 2.68. The van der Waals surface area contributed by atoms with Crippen molar-refractivity contribution in [3.8, 4) is 5.75 Å². The molecule has 3 aromatic rings. The minimum Gasteiger partial charge on any atom is -0.497 e. The van der Waals surface area contributed by atoms with Gasteiger partial charge in [-0.25, -0.2) is 9.59 Å². The molecule has 0 unspecified atom stereocenters. The third-order valence-corrected chi connectivity index (χ3v) is 4.73. The van der Waals surface area contributed by atoms with Gasteiger partial charge in [0, 0.05) is 29.5 Å². The largest absolute Gasteiger partial charge is 0.497 e. The highest BCUT2D eigenvalue weighted by atomic mass is 16.5. The van der Waals surface area contributed by atoms with E-state index in [1.165, 1.54) is 20.3 Å². The van der Waals surface area contributed by atoms with Gasteiger partial charge in [0.05, 0.1) is 20.8 Å². The van der Waals surface area contributed by atoms with Crippen molar-refractivity contribution in [2.75, 3.05) is 20.8 Å². The fourth-order valence-corrected chi connectivity index (χ4v) is 3.16. The molecule has 1 atom stereocenters. The molecule has 0 aliphatic rings. The second kappa shape index (κ2) is 10.3. The molecule has 9 nitrogen and oxygen atoms in total. The standard InChI is InChI=1S/C23H22N2O7/c1-30-16-8-9-17-15(11-21(27)32-19(17)12-16)10-18(23(29)31-2)25-20(26)13-24-22(28)14-6-4-3-5-7-14/h3-9,11-12,18H,10,13H2,1-2H3,(H,24,28)(H,25,26)/t18-/m1/s1. The summed E-state index contributed by atoms with van der Waals surface area (Å²) < 4.78 is 15.2. The fourth-order valence-electron chi connectivity index (χ4n) is 3.16. The number of hydrogen-bond donors (Lipinski definition) is 2. The van der Waals surface area contributed by atoms with Gasteiger partial charge in [-0.05, 0) is 29.8 Å². The Kier molecular flexibility index (Phi) is 7.22. The van der Waals surface area contributed by atoms with Crippen LogP contribution in [0.4, 0.5) is 0 Å². The van der Waals surface area contributed by atoms with Crippen molar-refractivity contribution in [2.45, 2.75) is 12.5 Å². The molecule has 0 spiro atoms. The number of carbonyl (C=O) groups excluding carboxylic acids is 3. The van der Waals surface area contributed by atoms with Crippen molar-refractivity contribution in [3.05, 3.63) is 76.1 Å². The van der Waals surface area contributed by atoms with Gasteiger partial charge in [-0.2, -0.15) is 0 Å². The number of esters is 1. The van der Waals surface area contributed by atoms with Crippen molar-refractivity contribution in [3.63, 3.8) is 0 Å². The molecule has 2 amide bonds. The second-order valence-corrected chi connectivity index (χ2v) is 6.85. The summed E-state index contributed by atoms with van der Waals surface area (Å²) in [6.45, 7) is -0.337. The van der Waals surface area contributed by atoms with E-state index in [4.69, 9.17) is 13.9 Å². The van der Waals surface area contributed by atoms with Crippen LogP contribution < -0.4 is 21.0 Å². The SMILES string of the molecule is COC(=O)[C@@H](Cc1cc(=O)oc2cc(OC)ccc12)NC(=O)CNC(=O)c1ccccc1. The van der Waals surface area contributed by atoms with Gasteiger partial charge < -0.3 is 24.5 Å². The number of hydrogen-bond acceptors (Lipinski definition) is 7. The van der Waals surface area contributed by atoms with Crippen molar-refractivity contribution in [1.82, 2.24) is 10.6 Å². The predicted molar refractivity (Wildman–Crippen MR) is 115 cm³/mol. The van der Waals surface area contributed by atoms with E-state index in [-0.39, 0.29) is 18.5 Å². The third-order valence-electron chi connectivity index (χ3n) is 4.73. The number of methoxy groups -OCH3 is 2. The molecular formula is C23H22N2O7. The first-order valence-corrected chi connectivity index (χ1v) is 9.72. The normalized spacial score (nSPS) is 11.4. The molecule has 0 aliphatic heterocycles. The van der Waals surface area contributed by atoms with Crippen LogP contribution in [0.25, 0.3) is 11.0 Å². The Balaban J connectivity index is 1.74. The predicted octanol–water partition coefficient (Wildman–Crippen LogP) is 1.43. The van der Waals surface area contributed by atoms with Gasteiger partial charge in [-0.1, -0.05) is 18.2 Å². The van der Waals surface area contributed by atoms with Crippen molar-refractivity contribution < 1.29 is 28.3 Å². The number of amides is 2. The Morgan fingerprint density at radius 1 is 1.03 bits per heavy atom. The number of carbonyl (C=O) groups is 3. The maximum absolute atomic E-state index is 12.4. The molecule has 3 rings (SSSR count). The van der Waals surface area contributed by atoms with Crippen LogP contribution in [0.1, 0.15) is 15.9 Å². The Labute approximate surface area is 183 Å². The van der Waals surface area contributed by atoms with E-state index in [2.05, 4.69) is 10.6 Å². The average Bonchev–Trinajstić information content (AvgIpc) is 2.81. The number of fused-ring (bicyclic) bond motifs is 1. The van der Waals surface area contributed by atoms with E-state index >= 15 is 0 Å². The highest BCUT2D eigenvalue weighted by molar-refractivity contribution is 5.97. The number of ether oxygens (including phenoxy) is 2. The molecule has 32 heavy (non-hydrogen) atoms. The van der Waals surface area contributed by atoms with Gasteiger partial charge in [0.25, 0.3) is 5.91 Å². The summed E-state index contributed by atoms with van der Waals surface area (Å²) in [5.74, 6) is -1.19. The molecule has 0 bridgehead atoms. The number of nitrogens with one attached hydrogen (secondary N) is 2. The Bertz CT molecular complexity index is 1190. The maximum Gasteiger partial charge on any atom is 0.336 e. The molecular weight excluding hydrogens is 416 g/mol. The highest BCUT2D eigenvalue weighted by Gasteiger charge is 2.24. The van der Waals surface area contributed by atoms with Crippen LogP contribution >= 0.6 is 0 Å². The Morgan fingerprint density at radius 3 is 2.47 bits per heavy atom. The quantitative estimate of drug-likeness (QED) is 0.403. The minimum absolute atomic E-state index is 0.0144. The lowest BCUT2D eigenvalue weighted by molar-refractivity contribution is -0.144. The van der Waals surface area contributed by atoms with E-state index in [0.29, 0.717) is 22.3 Å². The molecule has 2 N–H and O–H groups in total. The van der Waals surface area contributed by atoms with Crippen LogP contribution in [0.2, 0.25) is 0 Å². The summed E-state index contributed by atoms with van der Waals surface area (Å²) in [6, 6.07) is 13.6. The van der Waals surface area contributed by atoms with Crippen molar-refractivity contribution in [2.24, 2.45) is 0 Å². The van der Waals surface area contributed by atoms with E-state index < -0.39 is 29.5 Å². The van der Waals surface area contributed by atoms with Crippen LogP contribution in [-0.4, -0.2) is 44.6 Å². The van der Waals surface area contributed by atoms with E-state index in [0.717, 1.165) is 0 Å². The van der Waals surface area contributed by atoms with Crippen molar-refractivity contribution >= 4 is 28.8 Å². The van der Waals surface area contributed by atoms with E-state index in [1.54, 1.807) is 48.5 Å². The monoisotopic (exact) mass is 438 g/mol. The Morgan fingerprint density at radius 2 is 1.78 bits per heavy atom. The zero-order valence-electron chi connectivity index (χ0n) is 17.5. The highest BCUT2D eigenvalue weighted by Crippen LogP contribution is 2.23. The first kappa shape index (κ1) is 22.5. The van der Waals surface area contributed by atoms with E-state index in [1.807, 2.05) is 0 Å². The van der Waals surface area contributed by atoms with Gasteiger partial charge in [-0.3, -0.25) is 9.59 Å². The van der Waals surface area contributed by atoms with Crippen LogP contribution in [0.15, 0.2) is 63.8 Å². The first-order chi connectivity index (χ1) is 15.4. The molecule has 0 fully saturated rings. The number of rotatable bonds is 8. The van der Waals surface area contributed by atoms with Gasteiger partial charge in [-0.15, -0.1) is 0 Å². The molecule has 0 aliphatic carbocycles. The van der Waals surface area contributed by atoms with E-state index in [9.17, 15) is 19.2 Å². The zero-order chi connectivity index (χ0) is 23.1. The fraction of sp³-hybridized carbons (Fsp3) is 0.217. The third kappa shape index (κ3) is 5.51. The summed E-state index contributed by atoms with van der Waals surface area (Å²) in [5.41, 5.74) is 0.577. The maximum atomic E-state index is 12.4. The topological polar surface area (TPSA) is 124 Å². The summed E-state index contributed by atoms with van der Waals surface area (Å²) in [4.78, 5) is 48.8. The lowest BCUT2D eigenvalue weighted by Crippen LogP contribution is -2.47. The van der Waals surface area contributed by atoms with Crippen LogP contribution in [0.5, 0.6) is 5.75 Å². The van der Waals surface area contributed by atoms with Crippen LogP contribution in [0.3, 0.4) is 0 Å². The molecule has 0 radical (unpaired) electrons. The molecule has 0 saturated carbocycles. The summed E-state index contributed by atoms with van der Waals surface area (Å²) >= 11 is 0. The molecule has 1 aromatic heterocycles. The molecule has 0 saturated heterocycles. The second-order valence-electron chi connectivity index (χ2n) is 6.85. The number of benzene rings is 2. The smallest absolute Gasteiger partial charge is 0.336 e. The van der Waals surface area contributed by atoms with Gasteiger partial charge in [0.2, 0.25) is 5.91 Å². The van der Waals surface area contributed by atoms with Crippen LogP contribution in [-0.2, 0) is 20.7 Å². The molecule has 1 heterocycles. The van der Waals surface area contributed by atoms with Gasteiger partial charge >= 0.3 is 11.6 Å². The molecule has 9 heteroatoms. The van der Waals surface area contributed by atoms with Gasteiger partial charge in [0.15, 0.2) is 0 Å². The molecule has 166 valence electrons. The van der Waals surface area contributed by atoms with Gasteiger partial charge in [0.1, 0.15) is 17.4 Å².